The Bertz CT molecular complexity index is 859. The van der Waals surface area contributed by atoms with Gasteiger partial charge in [0, 0.05) is 31.0 Å². The molecule has 1 fully saturated rings. The second-order valence-corrected chi connectivity index (χ2v) is 6.65. The van der Waals surface area contributed by atoms with Gasteiger partial charge in [0.25, 0.3) is 0 Å². The van der Waals surface area contributed by atoms with E-state index in [1.165, 1.54) is 15.6 Å². The summed E-state index contributed by atoms with van der Waals surface area (Å²) < 4.78 is 3.37. The maximum atomic E-state index is 12.7. The van der Waals surface area contributed by atoms with E-state index >= 15 is 0 Å². The van der Waals surface area contributed by atoms with E-state index in [0.717, 1.165) is 10.0 Å². The molecule has 0 saturated carbocycles. The molecule has 3 rings (SSSR count). The van der Waals surface area contributed by atoms with Gasteiger partial charge in [0.1, 0.15) is 12.4 Å². The third-order valence-electron chi connectivity index (χ3n) is 4.16. The maximum absolute atomic E-state index is 12.7. The van der Waals surface area contributed by atoms with Crippen LogP contribution in [0, 0.1) is 0 Å². The first-order valence-electron chi connectivity index (χ1n) is 7.89. The largest absolute Gasteiger partial charge is 0.352 e. The monoisotopic (exact) mass is 407 g/mol. The molecule has 1 aliphatic heterocycles. The molecule has 2 heterocycles. The van der Waals surface area contributed by atoms with Crippen molar-refractivity contribution in [3.63, 3.8) is 0 Å². The SMILES string of the molecule is Cn1cnn(CCC(=O)N2CCNC(=O)C2c2ccccc2Br)c1=O. The standard InChI is InChI=1S/C16H18BrN5O3/c1-20-10-19-22(16(20)25)8-6-13(23)21-9-7-18-15(24)14(21)11-4-2-3-5-12(11)17/h2-5,10,14H,6-9H2,1H3,(H,18,24). The molecule has 1 unspecified atom stereocenters. The first-order chi connectivity index (χ1) is 12.0. The number of nitrogens with zero attached hydrogens (tertiary/aromatic N) is 4. The van der Waals surface area contributed by atoms with E-state index in [1.54, 1.807) is 11.9 Å². The van der Waals surface area contributed by atoms with E-state index in [1.807, 2.05) is 24.3 Å². The zero-order valence-corrected chi connectivity index (χ0v) is 15.3. The Morgan fingerprint density at radius 2 is 2.12 bits per heavy atom. The summed E-state index contributed by atoms with van der Waals surface area (Å²) >= 11 is 3.45. The Morgan fingerprint density at radius 1 is 1.36 bits per heavy atom. The quantitative estimate of drug-likeness (QED) is 0.795. The number of rotatable bonds is 4. The number of nitrogens with one attached hydrogen (secondary N) is 1. The van der Waals surface area contributed by atoms with Gasteiger partial charge >= 0.3 is 5.69 Å². The highest BCUT2D eigenvalue weighted by Crippen LogP contribution is 2.29. The molecule has 0 spiro atoms. The molecule has 9 heteroatoms. The van der Waals surface area contributed by atoms with Gasteiger partial charge in [-0.25, -0.2) is 9.48 Å². The minimum Gasteiger partial charge on any atom is -0.352 e. The molecule has 1 N–H and O–H groups in total. The number of hydrogen-bond donors (Lipinski definition) is 1. The zero-order valence-electron chi connectivity index (χ0n) is 13.7. The van der Waals surface area contributed by atoms with Crippen molar-refractivity contribution in [3.8, 4) is 0 Å². The Morgan fingerprint density at radius 3 is 2.80 bits per heavy atom. The van der Waals surface area contributed by atoms with Crippen LogP contribution in [-0.2, 0) is 23.2 Å². The summed E-state index contributed by atoms with van der Waals surface area (Å²) in [4.78, 5) is 38.5. The van der Waals surface area contributed by atoms with Crippen LogP contribution >= 0.6 is 15.9 Å². The summed E-state index contributed by atoms with van der Waals surface area (Å²) in [5.74, 6) is -0.394. The molecular formula is C16H18BrN5O3. The lowest BCUT2D eigenvalue weighted by Gasteiger charge is -2.35. The third kappa shape index (κ3) is 3.51. The lowest BCUT2D eigenvalue weighted by molar-refractivity contribution is -0.143. The van der Waals surface area contributed by atoms with Gasteiger partial charge in [-0.3, -0.25) is 14.2 Å². The Balaban J connectivity index is 1.79. The third-order valence-corrected chi connectivity index (χ3v) is 4.88. The van der Waals surface area contributed by atoms with E-state index in [2.05, 4.69) is 26.3 Å². The normalized spacial score (nSPS) is 17.4. The highest BCUT2D eigenvalue weighted by Gasteiger charge is 2.35. The Kier molecular flexibility index (Phi) is 5.03. The minimum atomic E-state index is -0.683. The van der Waals surface area contributed by atoms with Crippen molar-refractivity contribution in [2.45, 2.75) is 19.0 Å². The van der Waals surface area contributed by atoms with Crippen molar-refractivity contribution in [2.24, 2.45) is 7.05 Å². The number of amides is 2. The molecule has 0 bridgehead atoms. The van der Waals surface area contributed by atoms with Crippen molar-refractivity contribution < 1.29 is 9.59 Å². The van der Waals surface area contributed by atoms with Crippen LogP contribution in [0.25, 0.3) is 0 Å². The fraction of sp³-hybridized carbons (Fsp3) is 0.375. The number of hydrogen-bond acceptors (Lipinski definition) is 4. The molecule has 2 aromatic rings. The lowest BCUT2D eigenvalue weighted by atomic mass is 10.0. The van der Waals surface area contributed by atoms with Gasteiger partial charge in [-0.15, -0.1) is 0 Å². The second kappa shape index (κ2) is 7.22. The number of piperazine rings is 1. The first kappa shape index (κ1) is 17.4. The average Bonchev–Trinajstić information content (AvgIpc) is 2.92. The fourth-order valence-electron chi connectivity index (χ4n) is 2.86. The van der Waals surface area contributed by atoms with Crippen molar-refractivity contribution in [3.05, 3.63) is 51.1 Å². The maximum Gasteiger partial charge on any atom is 0.345 e. The summed E-state index contributed by atoms with van der Waals surface area (Å²) in [6.45, 7) is 1.02. The topological polar surface area (TPSA) is 89.2 Å². The van der Waals surface area contributed by atoms with Gasteiger partial charge in [0.15, 0.2) is 0 Å². The predicted molar refractivity (Wildman–Crippen MR) is 93.7 cm³/mol. The van der Waals surface area contributed by atoms with Crippen LogP contribution in [0.1, 0.15) is 18.0 Å². The van der Waals surface area contributed by atoms with Crippen LogP contribution in [0.5, 0.6) is 0 Å². The van der Waals surface area contributed by atoms with Crippen LogP contribution in [0.15, 0.2) is 39.9 Å². The van der Waals surface area contributed by atoms with Crippen LogP contribution in [-0.4, -0.2) is 44.2 Å². The van der Waals surface area contributed by atoms with E-state index < -0.39 is 6.04 Å². The molecule has 1 aliphatic rings. The van der Waals surface area contributed by atoms with E-state index in [9.17, 15) is 14.4 Å². The van der Waals surface area contributed by atoms with E-state index in [0.29, 0.717) is 13.1 Å². The summed E-state index contributed by atoms with van der Waals surface area (Å²) in [6.07, 6.45) is 1.51. The summed E-state index contributed by atoms with van der Waals surface area (Å²) in [7, 11) is 1.60. The first-order valence-corrected chi connectivity index (χ1v) is 8.68. The van der Waals surface area contributed by atoms with Crippen LogP contribution in [0.2, 0.25) is 0 Å². The highest BCUT2D eigenvalue weighted by atomic mass is 79.9. The average molecular weight is 408 g/mol. The summed E-state index contributed by atoms with van der Waals surface area (Å²) in [5, 5.41) is 6.75. The minimum absolute atomic E-state index is 0.102. The molecule has 1 atom stereocenters. The molecule has 25 heavy (non-hydrogen) atoms. The molecule has 132 valence electrons. The summed E-state index contributed by atoms with van der Waals surface area (Å²) in [5.41, 5.74) is 0.467. The Hall–Kier alpha value is -2.42. The number of halogens is 1. The Labute approximate surface area is 152 Å². The lowest BCUT2D eigenvalue weighted by Crippen LogP contribution is -2.52. The van der Waals surface area contributed by atoms with Gasteiger partial charge in [-0.1, -0.05) is 34.1 Å². The van der Waals surface area contributed by atoms with Gasteiger partial charge < -0.3 is 10.2 Å². The zero-order chi connectivity index (χ0) is 18.0. The van der Waals surface area contributed by atoms with E-state index in [4.69, 9.17) is 0 Å². The summed E-state index contributed by atoms with van der Waals surface area (Å²) in [6, 6.07) is 6.67. The second-order valence-electron chi connectivity index (χ2n) is 5.80. The smallest absolute Gasteiger partial charge is 0.345 e. The van der Waals surface area contributed by atoms with Gasteiger partial charge in [-0.05, 0) is 11.6 Å². The molecule has 1 saturated heterocycles. The van der Waals surface area contributed by atoms with Crippen LogP contribution in [0.3, 0.4) is 0 Å². The van der Waals surface area contributed by atoms with Crippen LogP contribution < -0.4 is 11.0 Å². The number of aromatic nitrogens is 3. The molecule has 2 amide bonds. The molecule has 1 aromatic heterocycles. The number of carbonyl (C=O) groups is 2. The molecule has 0 aliphatic carbocycles. The number of carbonyl (C=O) groups excluding carboxylic acids is 2. The van der Waals surface area contributed by atoms with Crippen molar-refractivity contribution in [1.29, 1.82) is 0 Å². The molecule has 0 radical (unpaired) electrons. The van der Waals surface area contributed by atoms with E-state index in [-0.39, 0.29) is 30.5 Å². The number of benzene rings is 1. The van der Waals surface area contributed by atoms with Gasteiger partial charge in [0.05, 0.1) is 6.54 Å². The predicted octanol–water partition coefficient (Wildman–Crippen LogP) is 0.434. The van der Waals surface area contributed by atoms with Gasteiger partial charge in [0.2, 0.25) is 11.8 Å². The number of aryl methyl sites for hydroxylation is 2. The molecule has 8 nitrogen and oxygen atoms in total. The highest BCUT2D eigenvalue weighted by molar-refractivity contribution is 9.10. The van der Waals surface area contributed by atoms with Crippen LogP contribution in [0.4, 0.5) is 0 Å². The fourth-order valence-corrected chi connectivity index (χ4v) is 3.36. The molecular weight excluding hydrogens is 390 g/mol. The molecule has 1 aromatic carbocycles. The van der Waals surface area contributed by atoms with Gasteiger partial charge in [-0.2, -0.15) is 5.10 Å². The van der Waals surface area contributed by atoms with Crippen molar-refractivity contribution in [2.75, 3.05) is 13.1 Å². The van der Waals surface area contributed by atoms with Crippen molar-refractivity contribution in [1.82, 2.24) is 24.6 Å². The van der Waals surface area contributed by atoms with Crippen molar-refractivity contribution >= 4 is 27.7 Å².